The summed E-state index contributed by atoms with van der Waals surface area (Å²) in [7, 11) is 0. The zero-order chi connectivity index (χ0) is 10.7. The number of aryl methyl sites for hydroxylation is 2. The van der Waals surface area contributed by atoms with Crippen molar-refractivity contribution in [2.24, 2.45) is 5.73 Å². The zero-order valence-corrected chi connectivity index (χ0v) is 11.2. The summed E-state index contributed by atoms with van der Waals surface area (Å²) >= 11 is 7.16. The third-order valence-corrected chi connectivity index (χ3v) is 3.62. The number of halogens is 1. The lowest BCUT2D eigenvalue weighted by molar-refractivity contribution is 1.11. The fraction of sp³-hybridized carbons (Fsp3) is 0.300. The van der Waals surface area contributed by atoms with Crippen molar-refractivity contribution in [2.45, 2.75) is 20.3 Å². The third kappa shape index (κ3) is 2.81. The minimum atomic E-state index is 0.313. The highest BCUT2D eigenvalue weighted by molar-refractivity contribution is 14.1. The van der Waals surface area contributed by atoms with Crippen LogP contribution in [0.25, 0.3) is 0 Å². The molecule has 0 aliphatic heterocycles. The lowest BCUT2D eigenvalue weighted by atomic mass is 10.1. The van der Waals surface area contributed by atoms with Gasteiger partial charge in [0.1, 0.15) is 0 Å². The van der Waals surface area contributed by atoms with Crippen LogP contribution < -0.4 is 11.1 Å². The largest absolute Gasteiger partial charge is 0.376 e. The van der Waals surface area contributed by atoms with Crippen LogP contribution in [0.15, 0.2) is 12.1 Å². The van der Waals surface area contributed by atoms with Gasteiger partial charge in [-0.15, -0.1) is 0 Å². The van der Waals surface area contributed by atoms with Crippen molar-refractivity contribution in [3.05, 3.63) is 26.8 Å². The Morgan fingerprint density at radius 1 is 1.57 bits per heavy atom. The van der Waals surface area contributed by atoms with Gasteiger partial charge < -0.3 is 11.1 Å². The Hall–Kier alpha value is -0.360. The number of nitrogens with one attached hydrogen (secondary N) is 1. The van der Waals surface area contributed by atoms with Gasteiger partial charge in [0, 0.05) is 9.26 Å². The first-order valence-electron chi connectivity index (χ1n) is 4.40. The lowest BCUT2D eigenvalue weighted by Gasteiger charge is -2.10. The van der Waals surface area contributed by atoms with Gasteiger partial charge in [0.15, 0.2) is 5.11 Å². The van der Waals surface area contributed by atoms with Crippen molar-refractivity contribution in [2.75, 3.05) is 5.32 Å². The Morgan fingerprint density at radius 3 is 2.71 bits per heavy atom. The molecule has 1 aromatic carbocycles. The van der Waals surface area contributed by atoms with Gasteiger partial charge >= 0.3 is 0 Å². The molecule has 0 saturated heterocycles. The molecule has 0 radical (unpaired) electrons. The van der Waals surface area contributed by atoms with E-state index in [2.05, 4.69) is 53.9 Å². The number of rotatable bonds is 2. The molecule has 76 valence electrons. The van der Waals surface area contributed by atoms with Gasteiger partial charge in [0.05, 0.1) is 0 Å². The van der Waals surface area contributed by atoms with Crippen LogP contribution in [0.4, 0.5) is 5.69 Å². The maximum atomic E-state index is 5.42. The molecule has 2 nitrogen and oxygen atoms in total. The summed E-state index contributed by atoms with van der Waals surface area (Å²) in [6.45, 7) is 4.23. The van der Waals surface area contributed by atoms with Gasteiger partial charge in [-0.05, 0) is 71.4 Å². The Labute approximate surface area is 103 Å². The summed E-state index contributed by atoms with van der Waals surface area (Å²) < 4.78 is 1.32. The van der Waals surface area contributed by atoms with Crippen LogP contribution in [0, 0.1) is 10.5 Å². The average molecular weight is 320 g/mol. The van der Waals surface area contributed by atoms with Gasteiger partial charge in [-0.2, -0.15) is 0 Å². The lowest BCUT2D eigenvalue weighted by Crippen LogP contribution is -2.19. The van der Waals surface area contributed by atoms with Gasteiger partial charge in [0.25, 0.3) is 0 Å². The van der Waals surface area contributed by atoms with Crippen molar-refractivity contribution >= 4 is 45.6 Å². The van der Waals surface area contributed by atoms with E-state index in [-0.39, 0.29) is 0 Å². The molecule has 0 atom stereocenters. The molecule has 0 unspecified atom stereocenters. The highest BCUT2D eigenvalue weighted by Gasteiger charge is 2.04. The fourth-order valence-corrected chi connectivity index (χ4v) is 2.12. The molecule has 0 amide bonds. The highest BCUT2D eigenvalue weighted by atomic mass is 127. The first kappa shape index (κ1) is 11.7. The fourth-order valence-electron chi connectivity index (χ4n) is 1.31. The summed E-state index contributed by atoms with van der Waals surface area (Å²) in [6.07, 6.45) is 1.02. The summed E-state index contributed by atoms with van der Waals surface area (Å²) in [5, 5.41) is 3.27. The van der Waals surface area contributed by atoms with Crippen molar-refractivity contribution in [3.8, 4) is 0 Å². The third-order valence-electron chi connectivity index (χ3n) is 1.98. The molecule has 0 saturated carbocycles. The molecule has 0 heterocycles. The Balaban J connectivity index is 3.09. The molecular formula is C10H13IN2S. The van der Waals surface area contributed by atoms with Crippen LogP contribution in [0.5, 0.6) is 0 Å². The van der Waals surface area contributed by atoms with E-state index in [4.69, 9.17) is 18.0 Å². The van der Waals surface area contributed by atoms with E-state index in [0.29, 0.717) is 5.11 Å². The maximum Gasteiger partial charge on any atom is 0.168 e. The van der Waals surface area contributed by atoms with Crippen LogP contribution in [-0.2, 0) is 6.42 Å². The molecule has 3 N–H and O–H groups in total. The second-order valence-corrected chi connectivity index (χ2v) is 4.63. The quantitative estimate of drug-likeness (QED) is 0.650. The molecule has 0 aliphatic carbocycles. The number of benzene rings is 1. The number of anilines is 1. The Bertz CT molecular complexity index is 363. The minimum Gasteiger partial charge on any atom is -0.376 e. The van der Waals surface area contributed by atoms with Crippen LogP contribution in [0.2, 0.25) is 0 Å². The minimum absolute atomic E-state index is 0.313. The van der Waals surface area contributed by atoms with Crippen LogP contribution in [0.1, 0.15) is 18.1 Å². The van der Waals surface area contributed by atoms with Gasteiger partial charge in [-0.1, -0.05) is 6.92 Å². The Morgan fingerprint density at radius 2 is 2.21 bits per heavy atom. The maximum absolute atomic E-state index is 5.42. The standard InChI is InChI=1S/C10H13IN2S/c1-3-7-5-8(13-10(12)14)4-6(2)9(7)11/h4-5H,3H2,1-2H3,(H3,12,13,14). The van der Waals surface area contributed by atoms with Crippen LogP contribution in [0.3, 0.4) is 0 Å². The van der Waals surface area contributed by atoms with Crippen molar-refractivity contribution in [1.82, 2.24) is 0 Å². The molecule has 14 heavy (non-hydrogen) atoms. The topological polar surface area (TPSA) is 38.0 Å². The predicted molar refractivity (Wildman–Crippen MR) is 73.7 cm³/mol. The van der Waals surface area contributed by atoms with Crippen LogP contribution in [-0.4, -0.2) is 5.11 Å². The van der Waals surface area contributed by atoms with E-state index in [1.165, 1.54) is 14.7 Å². The molecule has 0 aliphatic rings. The highest BCUT2D eigenvalue weighted by Crippen LogP contribution is 2.22. The van der Waals surface area contributed by atoms with Crippen molar-refractivity contribution < 1.29 is 0 Å². The normalized spacial score (nSPS) is 9.93. The van der Waals surface area contributed by atoms with Crippen molar-refractivity contribution in [1.29, 1.82) is 0 Å². The molecule has 4 heteroatoms. The summed E-state index contributed by atoms with van der Waals surface area (Å²) in [6, 6.07) is 4.15. The Kier molecular flexibility index (Phi) is 4.12. The van der Waals surface area contributed by atoms with E-state index in [1.807, 2.05) is 0 Å². The second kappa shape index (κ2) is 4.93. The summed E-state index contributed by atoms with van der Waals surface area (Å²) in [5.74, 6) is 0. The van der Waals surface area contributed by atoms with E-state index in [9.17, 15) is 0 Å². The van der Waals surface area contributed by atoms with E-state index >= 15 is 0 Å². The average Bonchev–Trinajstić information content (AvgIpc) is 2.10. The first-order chi connectivity index (χ1) is 6.54. The predicted octanol–water partition coefficient (Wildman–Crippen LogP) is 2.82. The summed E-state index contributed by atoms with van der Waals surface area (Å²) in [4.78, 5) is 0. The van der Waals surface area contributed by atoms with Crippen LogP contribution >= 0.6 is 34.8 Å². The molecule has 0 aromatic heterocycles. The molecular weight excluding hydrogens is 307 g/mol. The van der Waals surface area contributed by atoms with Crippen molar-refractivity contribution in [3.63, 3.8) is 0 Å². The zero-order valence-electron chi connectivity index (χ0n) is 8.23. The molecule has 0 fully saturated rings. The van der Waals surface area contributed by atoms with Gasteiger partial charge in [0.2, 0.25) is 0 Å². The van der Waals surface area contributed by atoms with Gasteiger partial charge in [-0.25, -0.2) is 0 Å². The van der Waals surface area contributed by atoms with E-state index < -0.39 is 0 Å². The number of hydrogen-bond donors (Lipinski definition) is 2. The number of hydrogen-bond acceptors (Lipinski definition) is 1. The smallest absolute Gasteiger partial charge is 0.168 e. The monoisotopic (exact) mass is 320 g/mol. The molecule has 0 spiro atoms. The van der Waals surface area contributed by atoms with Gasteiger partial charge in [-0.3, -0.25) is 0 Å². The number of thiocarbonyl (C=S) groups is 1. The van der Waals surface area contributed by atoms with E-state index in [0.717, 1.165) is 12.1 Å². The SMILES string of the molecule is CCc1cc(NC(N)=S)cc(C)c1I. The molecule has 1 rings (SSSR count). The summed E-state index contributed by atoms with van der Waals surface area (Å²) in [5.41, 5.74) is 8.98. The second-order valence-electron chi connectivity index (χ2n) is 3.11. The number of nitrogens with two attached hydrogens (primary N) is 1. The first-order valence-corrected chi connectivity index (χ1v) is 5.88. The van der Waals surface area contributed by atoms with E-state index in [1.54, 1.807) is 0 Å². The molecule has 0 bridgehead atoms. The molecule has 1 aromatic rings.